The summed E-state index contributed by atoms with van der Waals surface area (Å²) in [6, 6.07) is 4.99. The standard InChI is InChI=1S/C18H19F2N3O2/c1-11-9-17(22-12(2)21-11)25-14-5-7-23(8-6-14)18(24)13-3-4-15(19)16(20)10-13/h3-4,9-10,14H,5-8H2,1-2H3. The largest absolute Gasteiger partial charge is 0.474 e. The van der Waals surface area contributed by atoms with Crippen molar-refractivity contribution in [1.82, 2.24) is 14.9 Å². The number of aromatic nitrogens is 2. The molecule has 0 unspecified atom stereocenters. The zero-order valence-corrected chi connectivity index (χ0v) is 14.1. The number of nitrogens with zero attached hydrogens (tertiary/aromatic N) is 3. The number of aryl methyl sites for hydroxylation is 2. The summed E-state index contributed by atoms with van der Waals surface area (Å²) in [5.74, 6) is -1.08. The molecular formula is C18H19F2N3O2. The molecule has 5 nitrogen and oxygen atoms in total. The van der Waals surface area contributed by atoms with Crippen LogP contribution in [0.5, 0.6) is 5.88 Å². The molecule has 1 amide bonds. The first-order valence-corrected chi connectivity index (χ1v) is 8.15. The normalized spacial score (nSPS) is 15.3. The van der Waals surface area contributed by atoms with Crippen LogP contribution in [0.1, 0.15) is 34.7 Å². The number of carbonyl (C=O) groups excluding carboxylic acids is 1. The highest BCUT2D eigenvalue weighted by Crippen LogP contribution is 2.20. The van der Waals surface area contributed by atoms with Gasteiger partial charge >= 0.3 is 0 Å². The molecule has 132 valence electrons. The number of piperidine rings is 1. The second-order valence-corrected chi connectivity index (χ2v) is 6.13. The summed E-state index contributed by atoms with van der Waals surface area (Å²) in [5, 5.41) is 0. The summed E-state index contributed by atoms with van der Waals surface area (Å²) in [4.78, 5) is 22.5. The van der Waals surface area contributed by atoms with E-state index in [9.17, 15) is 13.6 Å². The number of likely N-dealkylation sites (tertiary alicyclic amines) is 1. The van der Waals surface area contributed by atoms with Gasteiger partial charge in [0, 0.05) is 43.3 Å². The monoisotopic (exact) mass is 347 g/mol. The molecule has 0 spiro atoms. The molecule has 0 bridgehead atoms. The predicted octanol–water partition coefficient (Wildman–Crippen LogP) is 3.06. The summed E-state index contributed by atoms with van der Waals surface area (Å²) in [7, 11) is 0. The third-order valence-electron chi connectivity index (χ3n) is 4.13. The van der Waals surface area contributed by atoms with Crippen molar-refractivity contribution in [3.05, 3.63) is 53.0 Å². The summed E-state index contributed by atoms with van der Waals surface area (Å²) in [5.41, 5.74) is 0.994. The topological polar surface area (TPSA) is 55.3 Å². The van der Waals surface area contributed by atoms with Crippen molar-refractivity contribution in [1.29, 1.82) is 0 Å². The minimum Gasteiger partial charge on any atom is -0.474 e. The van der Waals surface area contributed by atoms with Crippen LogP contribution in [0.15, 0.2) is 24.3 Å². The van der Waals surface area contributed by atoms with E-state index in [0.29, 0.717) is 37.6 Å². The van der Waals surface area contributed by atoms with Gasteiger partial charge in [0.2, 0.25) is 5.88 Å². The van der Waals surface area contributed by atoms with E-state index in [-0.39, 0.29) is 17.6 Å². The Morgan fingerprint density at radius 1 is 1.12 bits per heavy atom. The number of amides is 1. The Balaban J connectivity index is 1.59. The quantitative estimate of drug-likeness (QED) is 0.856. The van der Waals surface area contributed by atoms with Gasteiger partial charge in [-0.1, -0.05) is 0 Å². The molecule has 0 N–H and O–H groups in total. The van der Waals surface area contributed by atoms with Gasteiger partial charge in [0.1, 0.15) is 11.9 Å². The maximum Gasteiger partial charge on any atom is 0.253 e. The third kappa shape index (κ3) is 4.10. The van der Waals surface area contributed by atoms with Crippen molar-refractivity contribution in [3.8, 4) is 5.88 Å². The number of rotatable bonds is 3. The smallest absolute Gasteiger partial charge is 0.253 e. The Bertz CT molecular complexity index is 770. The number of ether oxygens (including phenoxy) is 1. The van der Waals surface area contributed by atoms with Gasteiger partial charge in [-0.15, -0.1) is 0 Å². The number of halogens is 2. The molecule has 7 heteroatoms. The van der Waals surface area contributed by atoms with E-state index >= 15 is 0 Å². The lowest BCUT2D eigenvalue weighted by atomic mass is 10.1. The molecule has 1 fully saturated rings. The van der Waals surface area contributed by atoms with E-state index in [1.165, 1.54) is 6.07 Å². The van der Waals surface area contributed by atoms with E-state index in [2.05, 4.69) is 9.97 Å². The predicted molar refractivity (Wildman–Crippen MR) is 87.4 cm³/mol. The molecule has 1 aliphatic rings. The molecular weight excluding hydrogens is 328 g/mol. The Labute approximate surface area is 144 Å². The van der Waals surface area contributed by atoms with Gasteiger partial charge < -0.3 is 9.64 Å². The lowest BCUT2D eigenvalue weighted by Gasteiger charge is -2.32. The van der Waals surface area contributed by atoms with Crippen LogP contribution in [0.2, 0.25) is 0 Å². The Morgan fingerprint density at radius 3 is 2.48 bits per heavy atom. The maximum absolute atomic E-state index is 13.3. The Hall–Kier alpha value is -2.57. The van der Waals surface area contributed by atoms with Crippen molar-refractivity contribution in [2.24, 2.45) is 0 Å². The summed E-state index contributed by atoms with van der Waals surface area (Å²) in [6.45, 7) is 4.67. The first-order chi connectivity index (χ1) is 11.9. The Kier molecular flexibility index (Phi) is 4.92. The van der Waals surface area contributed by atoms with Crippen molar-refractivity contribution < 1.29 is 18.3 Å². The van der Waals surface area contributed by atoms with Gasteiger partial charge in [-0.2, -0.15) is 4.98 Å². The van der Waals surface area contributed by atoms with Gasteiger partial charge in [-0.3, -0.25) is 4.79 Å². The zero-order chi connectivity index (χ0) is 18.0. The first kappa shape index (κ1) is 17.3. The average molecular weight is 347 g/mol. The average Bonchev–Trinajstić information content (AvgIpc) is 2.56. The highest BCUT2D eigenvalue weighted by molar-refractivity contribution is 5.94. The van der Waals surface area contributed by atoms with Crippen LogP contribution in [0.4, 0.5) is 8.78 Å². The van der Waals surface area contributed by atoms with Gasteiger partial charge in [0.25, 0.3) is 5.91 Å². The van der Waals surface area contributed by atoms with E-state index in [0.717, 1.165) is 17.8 Å². The molecule has 1 aromatic carbocycles. The molecule has 0 aliphatic carbocycles. The minimum atomic E-state index is -1.02. The number of benzene rings is 1. The van der Waals surface area contributed by atoms with Crippen molar-refractivity contribution in [2.45, 2.75) is 32.8 Å². The number of hydrogen-bond acceptors (Lipinski definition) is 4. The van der Waals surface area contributed by atoms with Crippen LogP contribution >= 0.6 is 0 Å². The third-order valence-corrected chi connectivity index (χ3v) is 4.13. The van der Waals surface area contributed by atoms with Gasteiger partial charge in [0.15, 0.2) is 11.6 Å². The van der Waals surface area contributed by atoms with E-state index in [1.54, 1.807) is 11.0 Å². The fraction of sp³-hybridized carbons (Fsp3) is 0.389. The molecule has 1 aliphatic heterocycles. The second kappa shape index (κ2) is 7.13. The molecule has 1 aromatic heterocycles. The van der Waals surface area contributed by atoms with Gasteiger partial charge in [0.05, 0.1) is 0 Å². The lowest BCUT2D eigenvalue weighted by molar-refractivity contribution is 0.0587. The zero-order valence-electron chi connectivity index (χ0n) is 14.1. The van der Waals surface area contributed by atoms with Gasteiger partial charge in [-0.25, -0.2) is 13.8 Å². The van der Waals surface area contributed by atoms with Crippen LogP contribution in [0, 0.1) is 25.5 Å². The van der Waals surface area contributed by atoms with Crippen molar-refractivity contribution in [2.75, 3.05) is 13.1 Å². The van der Waals surface area contributed by atoms with E-state index in [1.807, 2.05) is 13.8 Å². The van der Waals surface area contributed by atoms with Crippen LogP contribution in [0.25, 0.3) is 0 Å². The molecule has 2 heterocycles. The summed E-state index contributed by atoms with van der Waals surface area (Å²) < 4.78 is 32.2. The number of hydrogen-bond donors (Lipinski definition) is 0. The molecule has 0 radical (unpaired) electrons. The molecule has 1 saturated heterocycles. The highest BCUT2D eigenvalue weighted by atomic mass is 19.2. The van der Waals surface area contributed by atoms with Crippen LogP contribution in [0.3, 0.4) is 0 Å². The minimum absolute atomic E-state index is 0.0392. The fourth-order valence-electron chi connectivity index (χ4n) is 2.90. The van der Waals surface area contributed by atoms with E-state index in [4.69, 9.17) is 4.74 Å². The van der Waals surface area contributed by atoms with Crippen LogP contribution in [-0.2, 0) is 0 Å². The maximum atomic E-state index is 13.3. The van der Waals surface area contributed by atoms with E-state index < -0.39 is 11.6 Å². The SMILES string of the molecule is Cc1cc(OC2CCN(C(=O)c3ccc(F)c(F)c3)CC2)nc(C)n1. The van der Waals surface area contributed by atoms with Crippen molar-refractivity contribution in [3.63, 3.8) is 0 Å². The van der Waals surface area contributed by atoms with Crippen LogP contribution < -0.4 is 4.74 Å². The lowest BCUT2D eigenvalue weighted by Crippen LogP contribution is -2.41. The summed E-state index contributed by atoms with van der Waals surface area (Å²) >= 11 is 0. The van der Waals surface area contributed by atoms with Crippen LogP contribution in [-0.4, -0.2) is 40.0 Å². The summed E-state index contributed by atoms with van der Waals surface area (Å²) in [6.07, 6.45) is 1.26. The van der Waals surface area contributed by atoms with Gasteiger partial charge in [-0.05, 0) is 32.0 Å². The highest BCUT2D eigenvalue weighted by Gasteiger charge is 2.25. The second-order valence-electron chi connectivity index (χ2n) is 6.13. The molecule has 2 aromatic rings. The molecule has 0 atom stereocenters. The van der Waals surface area contributed by atoms with Crippen molar-refractivity contribution >= 4 is 5.91 Å². The molecule has 25 heavy (non-hydrogen) atoms. The first-order valence-electron chi connectivity index (χ1n) is 8.15. The Morgan fingerprint density at radius 2 is 1.84 bits per heavy atom. The molecule has 3 rings (SSSR count). The number of carbonyl (C=O) groups is 1. The fourth-order valence-corrected chi connectivity index (χ4v) is 2.90. The molecule has 0 saturated carbocycles.